The van der Waals surface area contributed by atoms with Gasteiger partial charge in [-0.15, -0.1) is 10.2 Å². The van der Waals surface area contributed by atoms with Crippen molar-refractivity contribution in [3.8, 4) is 22.6 Å². The van der Waals surface area contributed by atoms with Crippen LogP contribution >= 0.6 is 11.6 Å². The van der Waals surface area contributed by atoms with Gasteiger partial charge in [-0.05, 0) is 37.6 Å². The van der Waals surface area contributed by atoms with E-state index in [0.29, 0.717) is 34.5 Å². The van der Waals surface area contributed by atoms with Gasteiger partial charge in [-0.2, -0.15) is 5.10 Å². The van der Waals surface area contributed by atoms with Crippen molar-refractivity contribution in [1.29, 1.82) is 0 Å². The van der Waals surface area contributed by atoms with E-state index < -0.39 is 0 Å². The smallest absolute Gasteiger partial charge is 0.250 e. The number of carbonyl (C=O) groups is 1. The van der Waals surface area contributed by atoms with Crippen LogP contribution in [0, 0.1) is 0 Å². The van der Waals surface area contributed by atoms with Crippen LogP contribution in [0.25, 0.3) is 33.6 Å². The van der Waals surface area contributed by atoms with Gasteiger partial charge in [-0.25, -0.2) is 4.98 Å². The zero-order valence-electron chi connectivity index (χ0n) is 19.3. The predicted octanol–water partition coefficient (Wildman–Crippen LogP) is 5.16. The predicted molar refractivity (Wildman–Crippen MR) is 134 cm³/mol. The fraction of sp³-hybridized carbons (Fsp3) is 0.160. The number of hydrogen-bond acceptors (Lipinski definition) is 6. The summed E-state index contributed by atoms with van der Waals surface area (Å²) in [5.74, 6) is 0.644. The molecule has 0 unspecified atom stereocenters. The molecule has 176 valence electrons. The van der Waals surface area contributed by atoms with E-state index in [4.69, 9.17) is 16.0 Å². The van der Waals surface area contributed by atoms with E-state index in [9.17, 15) is 4.79 Å². The Morgan fingerprint density at radius 2 is 2.09 bits per heavy atom. The van der Waals surface area contributed by atoms with Crippen molar-refractivity contribution in [2.75, 3.05) is 5.32 Å². The molecule has 0 fully saturated rings. The second-order valence-electron chi connectivity index (χ2n) is 8.13. The number of carbonyl (C=O) groups excluding carboxylic acids is 1. The number of halogens is 1. The molecule has 9 nitrogen and oxygen atoms in total. The number of amides is 1. The number of rotatable bonds is 6. The van der Waals surface area contributed by atoms with Crippen molar-refractivity contribution in [3.63, 3.8) is 0 Å². The van der Waals surface area contributed by atoms with Crippen LogP contribution in [0.15, 0.2) is 65.1 Å². The fourth-order valence-corrected chi connectivity index (χ4v) is 3.88. The fourth-order valence-electron chi connectivity index (χ4n) is 3.63. The van der Waals surface area contributed by atoms with Gasteiger partial charge in [0, 0.05) is 58.4 Å². The number of nitrogens with one attached hydrogen (secondary N) is 2. The monoisotopic (exact) mass is 487 g/mol. The van der Waals surface area contributed by atoms with Crippen LogP contribution in [0.3, 0.4) is 0 Å². The molecule has 0 spiro atoms. The molecule has 0 bridgehead atoms. The first-order valence-electron chi connectivity index (χ1n) is 10.9. The maximum absolute atomic E-state index is 12.1. The van der Waals surface area contributed by atoms with E-state index in [-0.39, 0.29) is 5.91 Å². The van der Waals surface area contributed by atoms with Gasteiger partial charge in [0.2, 0.25) is 11.8 Å². The molecule has 10 heteroatoms. The molecule has 0 aliphatic carbocycles. The topological polar surface area (TPSA) is 115 Å². The van der Waals surface area contributed by atoms with E-state index in [2.05, 4.69) is 30.6 Å². The van der Waals surface area contributed by atoms with E-state index in [1.807, 2.05) is 32.3 Å². The summed E-state index contributed by atoms with van der Waals surface area (Å²) in [6, 6.07) is 7.36. The zero-order chi connectivity index (χ0) is 24.5. The molecule has 0 saturated carbocycles. The molecule has 0 saturated heterocycles. The number of hydrogen-bond donors (Lipinski definition) is 2. The number of H-pyrrole nitrogens is 1. The maximum Gasteiger partial charge on any atom is 0.250 e. The Balaban J connectivity index is 1.37. The van der Waals surface area contributed by atoms with E-state index in [1.165, 1.54) is 0 Å². The number of aromatic nitrogens is 6. The highest BCUT2D eigenvalue weighted by molar-refractivity contribution is 6.31. The molecule has 35 heavy (non-hydrogen) atoms. The molecule has 1 amide bonds. The Labute approximate surface area is 205 Å². The lowest BCUT2D eigenvalue weighted by molar-refractivity contribution is -0.112. The molecule has 4 heterocycles. The van der Waals surface area contributed by atoms with Crippen LogP contribution in [0.5, 0.6) is 0 Å². The van der Waals surface area contributed by atoms with Gasteiger partial charge in [0.25, 0.3) is 5.91 Å². The highest BCUT2D eigenvalue weighted by atomic mass is 35.5. The maximum atomic E-state index is 12.1. The van der Waals surface area contributed by atoms with Gasteiger partial charge < -0.3 is 14.7 Å². The molecule has 0 aliphatic rings. The lowest BCUT2D eigenvalue weighted by atomic mass is 10.1. The summed E-state index contributed by atoms with van der Waals surface area (Å²) in [6.45, 7) is 3.57. The molecule has 0 atom stereocenters. The average molecular weight is 488 g/mol. The Bertz CT molecular complexity index is 1580. The number of allylic oxidation sites excluding steroid dienone is 1. The van der Waals surface area contributed by atoms with Gasteiger partial charge in [-0.1, -0.05) is 23.7 Å². The third-order valence-electron chi connectivity index (χ3n) is 5.71. The lowest BCUT2D eigenvalue weighted by Gasteiger charge is -2.08. The first-order valence-corrected chi connectivity index (χ1v) is 11.3. The van der Waals surface area contributed by atoms with E-state index in [1.54, 1.807) is 48.4 Å². The molecule has 0 aliphatic heterocycles. The van der Waals surface area contributed by atoms with Crippen molar-refractivity contribution >= 4 is 34.2 Å². The third-order valence-corrected chi connectivity index (χ3v) is 6.06. The standard InChI is InChI=1S/C25H22ClN7O2/c1-4-14(2)24(34)30-18-6-5-15(21(26)9-18)8-22-31-32-25(35-22)20-12-28-23-19(20)7-16(10-27-23)17-11-29-33(3)13-17/h4-7,9-13H,8H2,1-3H3,(H,27,28)(H,30,34)/b14-4+. The van der Waals surface area contributed by atoms with Crippen molar-refractivity contribution in [2.45, 2.75) is 20.3 Å². The van der Waals surface area contributed by atoms with Crippen molar-refractivity contribution in [1.82, 2.24) is 29.9 Å². The summed E-state index contributed by atoms with van der Waals surface area (Å²) < 4.78 is 7.71. The van der Waals surface area contributed by atoms with Gasteiger partial charge >= 0.3 is 0 Å². The second-order valence-corrected chi connectivity index (χ2v) is 8.54. The van der Waals surface area contributed by atoms with Crippen LogP contribution < -0.4 is 5.32 Å². The van der Waals surface area contributed by atoms with E-state index >= 15 is 0 Å². The minimum atomic E-state index is -0.169. The summed E-state index contributed by atoms with van der Waals surface area (Å²) >= 11 is 6.46. The van der Waals surface area contributed by atoms with Crippen molar-refractivity contribution in [3.05, 3.63) is 77.2 Å². The van der Waals surface area contributed by atoms with Crippen molar-refractivity contribution in [2.24, 2.45) is 7.05 Å². The van der Waals surface area contributed by atoms with Crippen molar-refractivity contribution < 1.29 is 9.21 Å². The average Bonchev–Trinajstić information content (AvgIpc) is 3.59. The number of anilines is 1. The van der Waals surface area contributed by atoms with Crippen LogP contribution in [0.2, 0.25) is 5.02 Å². The Morgan fingerprint density at radius 1 is 1.23 bits per heavy atom. The normalized spacial score (nSPS) is 11.8. The Hall–Kier alpha value is -4.24. The highest BCUT2D eigenvalue weighted by Crippen LogP contribution is 2.31. The summed E-state index contributed by atoms with van der Waals surface area (Å²) in [5.41, 5.74) is 5.45. The molecule has 5 rings (SSSR count). The first kappa shape index (κ1) is 22.5. The highest BCUT2D eigenvalue weighted by Gasteiger charge is 2.16. The van der Waals surface area contributed by atoms with Gasteiger partial charge in [0.1, 0.15) is 5.65 Å². The minimum absolute atomic E-state index is 0.169. The summed E-state index contributed by atoms with van der Waals surface area (Å²) in [5, 5.41) is 16.9. The van der Waals surface area contributed by atoms with Crippen LogP contribution in [-0.2, 0) is 18.3 Å². The van der Waals surface area contributed by atoms with Gasteiger partial charge in [-0.3, -0.25) is 9.48 Å². The minimum Gasteiger partial charge on any atom is -0.420 e. The quantitative estimate of drug-likeness (QED) is 0.319. The SMILES string of the molecule is C/C=C(\C)C(=O)Nc1ccc(Cc2nnc(-c3c[nH]c4ncc(-c5cnn(C)c5)cc34)o2)c(Cl)c1. The lowest BCUT2D eigenvalue weighted by Crippen LogP contribution is -2.12. The largest absolute Gasteiger partial charge is 0.420 e. The molecular formula is C25H22ClN7O2. The third kappa shape index (κ3) is 4.58. The van der Waals surface area contributed by atoms with Crippen LogP contribution in [-0.4, -0.2) is 35.9 Å². The molecule has 2 N–H and O–H groups in total. The molecule has 1 aromatic carbocycles. The first-order chi connectivity index (χ1) is 16.9. The Morgan fingerprint density at radius 3 is 2.83 bits per heavy atom. The second kappa shape index (κ2) is 9.19. The number of fused-ring (bicyclic) bond motifs is 1. The van der Waals surface area contributed by atoms with Crippen LogP contribution in [0.4, 0.5) is 5.69 Å². The molecule has 4 aromatic heterocycles. The molecule has 0 radical (unpaired) electrons. The van der Waals surface area contributed by atoms with Crippen LogP contribution in [0.1, 0.15) is 25.3 Å². The molecular weight excluding hydrogens is 466 g/mol. The number of pyridine rings is 1. The zero-order valence-corrected chi connectivity index (χ0v) is 20.1. The summed E-state index contributed by atoms with van der Waals surface area (Å²) in [6.07, 6.45) is 9.44. The summed E-state index contributed by atoms with van der Waals surface area (Å²) in [4.78, 5) is 19.7. The number of benzene rings is 1. The summed E-state index contributed by atoms with van der Waals surface area (Å²) in [7, 11) is 1.87. The number of nitrogens with zero attached hydrogens (tertiary/aromatic N) is 5. The van der Waals surface area contributed by atoms with Gasteiger partial charge in [0.15, 0.2) is 0 Å². The Kier molecular flexibility index (Phi) is 5.92. The van der Waals surface area contributed by atoms with Gasteiger partial charge in [0.05, 0.1) is 18.2 Å². The number of aromatic amines is 1. The molecule has 5 aromatic rings. The van der Waals surface area contributed by atoms with E-state index in [0.717, 1.165) is 33.3 Å². The number of aryl methyl sites for hydroxylation is 1.